The molecule has 0 aliphatic carbocycles. The van der Waals surface area contributed by atoms with Crippen LogP contribution in [0.2, 0.25) is 5.02 Å². The summed E-state index contributed by atoms with van der Waals surface area (Å²) in [5.41, 5.74) is 6.19. The summed E-state index contributed by atoms with van der Waals surface area (Å²) in [6.07, 6.45) is 4.83. The second-order valence-corrected chi connectivity index (χ2v) is 15.9. The maximum atomic E-state index is 15.8. The van der Waals surface area contributed by atoms with Crippen LogP contribution >= 0.6 is 11.6 Å². The molecule has 1 spiro atoms. The van der Waals surface area contributed by atoms with Gasteiger partial charge in [-0.2, -0.15) is 0 Å². The highest BCUT2D eigenvalue weighted by molar-refractivity contribution is 6.35. The smallest absolute Gasteiger partial charge is 0.291 e. The van der Waals surface area contributed by atoms with Crippen LogP contribution in [0.15, 0.2) is 42.6 Å². The quantitative estimate of drug-likeness (QED) is 0.251. The van der Waals surface area contributed by atoms with Crippen molar-refractivity contribution in [1.29, 1.82) is 0 Å². The number of nitrogens with zero attached hydrogens (tertiary/aromatic N) is 6. The fraction of sp³-hybridized carbons (Fsp3) is 0.439. The molecule has 2 aromatic carbocycles. The predicted octanol–water partition coefficient (Wildman–Crippen LogP) is 5.20. The Bertz CT molecular complexity index is 2190. The minimum atomic E-state index is -0.418. The third kappa shape index (κ3) is 6.98. The second-order valence-electron chi connectivity index (χ2n) is 15.5. The van der Waals surface area contributed by atoms with Crippen LogP contribution in [0.4, 0.5) is 10.1 Å². The molecule has 0 saturated carbocycles. The van der Waals surface area contributed by atoms with Crippen LogP contribution in [0.1, 0.15) is 59.3 Å². The molecule has 8 rings (SSSR count). The number of ether oxygens (including phenoxy) is 1. The van der Waals surface area contributed by atoms with Crippen LogP contribution in [0.3, 0.4) is 0 Å². The maximum absolute atomic E-state index is 15.8. The lowest BCUT2D eigenvalue weighted by molar-refractivity contribution is -0.130. The molecule has 4 aromatic rings. The van der Waals surface area contributed by atoms with E-state index in [1.54, 1.807) is 19.2 Å². The SMILES string of the molecule is COc1cc(-c2nccc(-c3cccc(NC(=O)c4nc5c(n4C)CCN(C4CCN(C(C)=O)CC4)C5)c3C)c2Cl)cc(F)c1CN1CC2(CNC(=O)C2)C1. The standard InChI is InChI=1S/C41H46ClFN8O4/c1-24-28(6-5-7-32(24)47-40(54)39-46-33-20-51(15-11-34(33)48(39)3)27-9-13-50(14-10-27)25(2)52)29-8-12-44-38(37(29)42)26-16-31(43)30(35(17-26)55-4)19-49-22-41(23-49)18-36(53)45-21-41/h5-8,12,16-17,27H,9-11,13-15,18-23H2,1-4H3,(H,45,53)(H,47,54). The lowest BCUT2D eigenvalue weighted by Crippen LogP contribution is -2.56. The first-order chi connectivity index (χ1) is 26.4. The van der Waals surface area contributed by atoms with E-state index in [-0.39, 0.29) is 23.1 Å². The van der Waals surface area contributed by atoms with E-state index in [2.05, 4.69) is 25.4 Å². The Morgan fingerprint density at radius 2 is 1.91 bits per heavy atom. The molecule has 0 unspecified atom stereocenters. The number of anilines is 1. The number of rotatable bonds is 8. The summed E-state index contributed by atoms with van der Waals surface area (Å²) in [4.78, 5) is 53.2. The third-order valence-corrected chi connectivity index (χ3v) is 12.4. The molecule has 12 nitrogen and oxygen atoms in total. The van der Waals surface area contributed by atoms with Crippen molar-refractivity contribution in [3.8, 4) is 28.1 Å². The number of halogens is 2. The van der Waals surface area contributed by atoms with Gasteiger partial charge in [0.2, 0.25) is 11.8 Å². The molecule has 4 aliphatic heterocycles. The number of likely N-dealkylation sites (tertiary alicyclic amines) is 2. The van der Waals surface area contributed by atoms with E-state index in [1.165, 1.54) is 13.2 Å². The first-order valence-electron chi connectivity index (χ1n) is 18.9. The Morgan fingerprint density at radius 1 is 1.13 bits per heavy atom. The van der Waals surface area contributed by atoms with Gasteiger partial charge in [-0.05, 0) is 55.2 Å². The summed E-state index contributed by atoms with van der Waals surface area (Å²) in [6.45, 7) is 9.13. The van der Waals surface area contributed by atoms with Crippen LogP contribution in [0.25, 0.3) is 22.4 Å². The lowest BCUT2D eigenvalue weighted by atomic mass is 9.79. The highest BCUT2D eigenvalue weighted by Crippen LogP contribution is 2.42. The topological polar surface area (TPSA) is 125 Å². The Hall–Kier alpha value is -4.85. The molecule has 0 atom stereocenters. The van der Waals surface area contributed by atoms with Gasteiger partial charge in [-0.15, -0.1) is 0 Å². The van der Waals surface area contributed by atoms with Gasteiger partial charge in [0.15, 0.2) is 5.82 Å². The number of carbonyl (C=O) groups is 3. The van der Waals surface area contributed by atoms with E-state index in [4.69, 9.17) is 21.3 Å². The van der Waals surface area contributed by atoms with Crippen molar-refractivity contribution in [2.45, 2.75) is 58.7 Å². The summed E-state index contributed by atoms with van der Waals surface area (Å²) in [7, 11) is 3.41. The Balaban J connectivity index is 0.985. The molecule has 288 valence electrons. The molecule has 4 aliphatic rings. The molecule has 14 heteroatoms. The molecule has 3 amide bonds. The van der Waals surface area contributed by atoms with Gasteiger partial charge in [0.1, 0.15) is 11.6 Å². The zero-order chi connectivity index (χ0) is 38.6. The van der Waals surface area contributed by atoms with Crippen molar-refractivity contribution < 1.29 is 23.5 Å². The number of carbonyl (C=O) groups excluding carboxylic acids is 3. The van der Waals surface area contributed by atoms with E-state index in [1.807, 2.05) is 47.7 Å². The van der Waals surface area contributed by atoms with Crippen LogP contribution in [0, 0.1) is 18.2 Å². The van der Waals surface area contributed by atoms with Crippen molar-refractivity contribution in [2.24, 2.45) is 12.5 Å². The van der Waals surface area contributed by atoms with Gasteiger partial charge in [0.25, 0.3) is 5.91 Å². The van der Waals surface area contributed by atoms with Gasteiger partial charge in [-0.1, -0.05) is 23.7 Å². The van der Waals surface area contributed by atoms with Gasteiger partial charge in [0.05, 0.1) is 23.5 Å². The van der Waals surface area contributed by atoms with Gasteiger partial charge in [-0.25, -0.2) is 9.37 Å². The Labute approximate surface area is 325 Å². The molecule has 3 saturated heterocycles. The summed E-state index contributed by atoms with van der Waals surface area (Å²) in [5, 5.41) is 6.35. The number of aromatic nitrogens is 3. The van der Waals surface area contributed by atoms with Crippen molar-refractivity contribution in [3.05, 3.63) is 81.8 Å². The number of amides is 3. The summed E-state index contributed by atoms with van der Waals surface area (Å²) >= 11 is 7.07. The molecule has 6 heterocycles. The molecular formula is C41H46ClFN8O4. The van der Waals surface area contributed by atoms with E-state index < -0.39 is 5.82 Å². The molecule has 2 N–H and O–H groups in total. The number of benzene rings is 2. The number of methoxy groups -OCH3 is 1. The lowest BCUT2D eigenvalue weighted by Gasteiger charge is -2.47. The van der Waals surface area contributed by atoms with Gasteiger partial charge in [-0.3, -0.25) is 29.2 Å². The van der Waals surface area contributed by atoms with Crippen molar-refractivity contribution in [2.75, 3.05) is 51.7 Å². The van der Waals surface area contributed by atoms with Crippen molar-refractivity contribution in [1.82, 2.24) is 34.6 Å². The van der Waals surface area contributed by atoms with Crippen LogP contribution in [0.5, 0.6) is 5.75 Å². The normalized spacial score (nSPS) is 18.6. The molecular weight excluding hydrogens is 723 g/mol. The Morgan fingerprint density at radius 3 is 2.62 bits per heavy atom. The van der Waals surface area contributed by atoms with Gasteiger partial charge in [0, 0.05) is 125 Å². The predicted molar refractivity (Wildman–Crippen MR) is 207 cm³/mol. The number of hydrogen-bond donors (Lipinski definition) is 2. The zero-order valence-corrected chi connectivity index (χ0v) is 32.4. The first-order valence-corrected chi connectivity index (χ1v) is 19.3. The zero-order valence-electron chi connectivity index (χ0n) is 31.7. The van der Waals surface area contributed by atoms with Gasteiger partial charge >= 0.3 is 0 Å². The number of imidazole rings is 1. The molecule has 55 heavy (non-hydrogen) atoms. The highest BCUT2D eigenvalue weighted by atomic mass is 35.5. The van der Waals surface area contributed by atoms with Crippen LogP contribution < -0.4 is 15.4 Å². The first kappa shape index (κ1) is 37.1. The fourth-order valence-corrected chi connectivity index (χ4v) is 9.32. The van der Waals surface area contributed by atoms with Crippen LogP contribution in [-0.4, -0.2) is 99.4 Å². The number of piperidine rings is 1. The monoisotopic (exact) mass is 768 g/mol. The second kappa shape index (κ2) is 14.7. The average Bonchev–Trinajstić information content (AvgIpc) is 3.72. The average molecular weight is 769 g/mol. The Kier molecular flexibility index (Phi) is 9.89. The van der Waals surface area contributed by atoms with E-state index in [0.717, 1.165) is 74.5 Å². The van der Waals surface area contributed by atoms with Crippen molar-refractivity contribution >= 4 is 35.0 Å². The van der Waals surface area contributed by atoms with E-state index >= 15 is 4.39 Å². The summed E-state index contributed by atoms with van der Waals surface area (Å²) in [5.74, 6) is 0.235. The van der Waals surface area contributed by atoms with E-state index in [9.17, 15) is 14.4 Å². The minimum Gasteiger partial charge on any atom is -0.496 e. The third-order valence-electron chi connectivity index (χ3n) is 12.0. The fourth-order valence-electron chi connectivity index (χ4n) is 9.00. The molecule has 0 bridgehead atoms. The summed E-state index contributed by atoms with van der Waals surface area (Å²) < 4.78 is 23.4. The number of fused-ring (bicyclic) bond motifs is 1. The minimum absolute atomic E-state index is 0.0609. The number of pyridine rings is 1. The van der Waals surface area contributed by atoms with Crippen LogP contribution in [-0.2, 0) is 36.1 Å². The molecule has 3 fully saturated rings. The van der Waals surface area contributed by atoms with Gasteiger partial charge < -0.3 is 24.8 Å². The summed E-state index contributed by atoms with van der Waals surface area (Å²) in [6, 6.07) is 11.1. The van der Waals surface area contributed by atoms with E-state index in [0.29, 0.717) is 76.8 Å². The highest BCUT2D eigenvalue weighted by Gasteiger charge is 2.48. The molecule has 0 radical (unpaired) electrons. The largest absolute Gasteiger partial charge is 0.496 e. The van der Waals surface area contributed by atoms with Crippen molar-refractivity contribution in [3.63, 3.8) is 0 Å². The maximum Gasteiger partial charge on any atom is 0.291 e. The number of nitrogens with one attached hydrogen (secondary N) is 2. The molecule has 2 aromatic heterocycles. The number of hydrogen-bond acceptors (Lipinski definition) is 8.